The zero-order valence-electron chi connectivity index (χ0n) is 18.3. The Morgan fingerprint density at radius 1 is 0.667 bits per heavy atom. The van der Waals surface area contributed by atoms with E-state index in [1.807, 2.05) is 0 Å². The molecule has 2 aromatic carbocycles. The molecule has 0 aromatic heterocycles. The van der Waals surface area contributed by atoms with Crippen molar-refractivity contribution in [3.63, 3.8) is 0 Å². The van der Waals surface area contributed by atoms with E-state index in [1.165, 1.54) is 25.7 Å². The van der Waals surface area contributed by atoms with Crippen LogP contribution in [0, 0.1) is 11.8 Å². The number of hydrogen-bond donors (Lipinski definition) is 0. The Bertz CT molecular complexity index is 928. The first-order valence-electron chi connectivity index (χ1n) is 12.1. The average Bonchev–Trinajstić information content (AvgIpc) is 3.29. The zero-order chi connectivity index (χ0) is 20.2. The van der Waals surface area contributed by atoms with Crippen molar-refractivity contribution in [3.8, 4) is 0 Å². The van der Waals surface area contributed by atoms with Gasteiger partial charge in [-0.3, -0.25) is 0 Å². The molecule has 0 aliphatic heterocycles. The van der Waals surface area contributed by atoms with Crippen LogP contribution in [0.5, 0.6) is 0 Å². The minimum absolute atomic E-state index is 0.694. The summed E-state index contributed by atoms with van der Waals surface area (Å²) in [6.45, 7) is 5.47. The van der Waals surface area contributed by atoms with Gasteiger partial charge in [-0.2, -0.15) is 0 Å². The summed E-state index contributed by atoms with van der Waals surface area (Å²) in [7, 11) is 0. The summed E-state index contributed by atoms with van der Waals surface area (Å²) in [5.74, 6) is 2.54. The summed E-state index contributed by atoms with van der Waals surface area (Å²) in [6, 6.07) is 19.3. The molecule has 6 rings (SSSR count). The zero-order valence-corrected chi connectivity index (χ0v) is 21.9. The molecule has 0 fully saturated rings. The van der Waals surface area contributed by atoms with Crippen LogP contribution in [0.25, 0.3) is 0 Å². The number of benzene rings is 2. The first-order chi connectivity index (χ1) is 14.8. The van der Waals surface area contributed by atoms with Crippen molar-refractivity contribution >= 4 is 5.92 Å². The van der Waals surface area contributed by atoms with E-state index in [0.29, 0.717) is 11.8 Å². The van der Waals surface area contributed by atoms with Crippen molar-refractivity contribution < 1.29 is 20.9 Å². The predicted octanol–water partition coefficient (Wildman–Crippen LogP) is 7.20. The maximum absolute atomic E-state index is 2.73. The van der Waals surface area contributed by atoms with Crippen LogP contribution in [-0.2, 0) is 20.9 Å². The molecule has 0 saturated carbocycles. The van der Waals surface area contributed by atoms with Crippen molar-refractivity contribution in [3.05, 3.63) is 95.1 Å². The molecule has 153 valence electrons. The van der Waals surface area contributed by atoms with Gasteiger partial charge in [-0.15, -0.1) is 0 Å². The van der Waals surface area contributed by atoms with Gasteiger partial charge < -0.3 is 0 Å². The topological polar surface area (TPSA) is 0 Å². The Balaban J connectivity index is 1.50. The van der Waals surface area contributed by atoms with E-state index in [9.17, 15) is 0 Å². The Morgan fingerprint density at radius 3 is 1.53 bits per heavy atom. The van der Waals surface area contributed by atoms with E-state index in [4.69, 9.17) is 0 Å². The van der Waals surface area contributed by atoms with Crippen LogP contribution in [0.4, 0.5) is 0 Å². The van der Waals surface area contributed by atoms with E-state index in [1.54, 1.807) is 22.3 Å². The summed E-state index contributed by atoms with van der Waals surface area (Å²) in [5, 5.41) is 0. The predicted molar refractivity (Wildman–Crippen MR) is 126 cm³/mol. The summed E-state index contributed by atoms with van der Waals surface area (Å²) < 4.78 is 1.90. The summed E-state index contributed by atoms with van der Waals surface area (Å²) >= 11 is -1.78. The molecule has 4 aliphatic carbocycles. The average molecular weight is 489 g/mol. The van der Waals surface area contributed by atoms with Gasteiger partial charge in [0.15, 0.2) is 0 Å². The molecule has 0 nitrogen and oxygen atoms in total. The molecule has 6 unspecified atom stereocenters. The van der Waals surface area contributed by atoms with Gasteiger partial charge in [0.2, 0.25) is 0 Å². The molecular formula is C28H33SiZr. The molecule has 0 amide bonds. The van der Waals surface area contributed by atoms with Gasteiger partial charge in [0.25, 0.3) is 0 Å². The van der Waals surface area contributed by atoms with Crippen LogP contribution in [0.15, 0.2) is 72.8 Å². The van der Waals surface area contributed by atoms with Gasteiger partial charge in [-0.25, -0.2) is 0 Å². The number of hydrogen-bond acceptors (Lipinski definition) is 0. The van der Waals surface area contributed by atoms with E-state index >= 15 is 0 Å². The van der Waals surface area contributed by atoms with Crippen LogP contribution in [0.1, 0.15) is 67.0 Å². The Morgan fingerprint density at radius 2 is 1.10 bits per heavy atom. The van der Waals surface area contributed by atoms with Crippen LogP contribution < -0.4 is 0 Å². The molecule has 30 heavy (non-hydrogen) atoms. The van der Waals surface area contributed by atoms with Crippen molar-refractivity contribution in [1.29, 1.82) is 0 Å². The monoisotopic (exact) mass is 487 g/mol. The Hall–Kier alpha value is -0.980. The van der Waals surface area contributed by atoms with Crippen LogP contribution in [-0.4, -0.2) is 5.92 Å². The molecule has 0 N–H and O–H groups in total. The summed E-state index contributed by atoms with van der Waals surface area (Å²) in [5.41, 5.74) is 6.98. The molecule has 4 aliphatic rings. The molecule has 6 atom stereocenters. The Kier molecular flexibility index (Phi) is 5.16. The molecule has 2 heteroatoms. The van der Waals surface area contributed by atoms with Crippen molar-refractivity contribution in [2.24, 2.45) is 11.8 Å². The number of allylic oxidation sites excluding steroid dienone is 4. The molecule has 0 heterocycles. The van der Waals surface area contributed by atoms with E-state index < -0.39 is 26.8 Å². The fourth-order valence-electron chi connectivity index (χ4n) is 7.55. The SMILES string of the molecule is C[SiH](C)[Zr]([CH]1c2ccccc2C2C=CCCC21)[CH]1c2ccccc2C2C=CCCC21. The minimum atomic E-state index is -1.78. The maximum atomic E-state index is 2.73. The van der Waals surface area contributed by atoms with E-state index in [0.717, 1.165) is 19.1 Å². The van der Waals surface area contributed by atoms with Gasteiger partial charge >= 0.3 is 192 Å². The standard InChI is InChI=1S/2C13H13.C2H7Si.Zr/c2*1-3-7-12-10(5-1)9-11-6-2-4-8-13(11)12;1-3-2;/h2*1,3-5,7-9,11,13H,2,6H2;3H,1-2H3;. The van der Waals surface area contributed by atoms with E-state index in [2.05, 4.69) is 85.9 Å². The molecule has 0 saturated heterocycles. The van der Waals surface area contributed by atoms with Crippen LogP contribution in [0.3, 0.4) is 0 Å². The van der Waals surface area contributed by atoms with Gasteiger partial charge in [0.05, 0.1) is 0 Å². The second-order valence-corrected chi connectivity index (χ2v) is 30.5. The van der Waals surface area contributed by atoms with Crippen LogP contribution in [0.2, 0.25) is 13.1 Å². The molecule has 0 radical (unpaired) electrons. The summed E-state index contributed by atoms with van der Waals surface area (Å²) in [4.78, 5) is 0. The normalized spacial score (nSPS) is 33.2. The van der Waals surface area contributed by atoms with Gasteiger partial charge in [0.1, 0.15) is 0 Å². The molecule has 0 bridgehead atoms. The second-order valence-electron chi connectivity index (χ2n) is 10.3. The first kappa shape index (κ1) is 19.7. The van der Waals surface area contributed by atoms with Gasteiger partial charge in [0, 0.05) is 0 Å². The molecular weight excluding hydrogens is 456 g/mol. The fraction of sp³-hybridized carbons (Fsp3) is 0.429. The van der Waals surface area contributed by atoms with Crippen LogP contribution >= 0.6 is 0 Å². The third kappa shape index (κ3) is 2.93. The molecule has 2 aromatic rings. The van der Waals surface area contributed by atoms with E-state index in [-0.39, 0.29) is 0 Å². The first-order valence-corrected chi connectivity index (χ1v) is 22.1. The van der Waals surface area contributed by atoms with Gasteiger partial charge in [-0.1, -0.05) is 0 Å². The van der Waals surface area contributed by atoms with Crippen molar-refractivity contribution in [2.75, 3.05) is 0 Å². The van der Waals surface area contributed by atoms with Gasteiger partial charge in [-0.05, 0) is 0 Å². The number of fused-ring (bicyclic) bond motifs is 6. The number of rotatable bonds is 3. The Labute approximate surface area is 190 Å². The van der Waals surface area contributed by atoms with Crippen molar-refractivity contribution in [2.45, 2.75) is 57.9 Å². The molecule has 0 spiro atoms. The third-order valence-corrected chi connectivity index (χ3v) is 31.1. The summed E-state index contributed by atoms with van der Waals surface area (Å²) in [6.07, 6.45) is 15.6. The quantitative estimate of drug-likeness (QED) is 0.316. The third-order valence-electron chi connectivity index (χ3n) is 8.56. The van der Waals surface area contributed by atoms with Crippen molar-refractivity contribution in [1.82, 2.24) is 0 Å². The fourth-order valence-corrected chi connectivity index (χ4v) is 32.9. The second kappa shape index (κ2) is 7.86.